The van der Waals surface area contributed by atoms with E-state index < -0.39 is 0 Å². The maximum absolute atomic E-state index is 11.0. The van der Waals surface area contributed by atoms with E-state index in [9.17, 15) is 5.21 Å². The Morgan fingerprint density at radius 2 is 1.32 bits per heavy atom. The Labute approximate surface area is 148 Å². The van der Waals surface area contributed by atoms with Crippen molar-refractivity contribution in [3.05, 3.63) is 102 Å². The molecule has 3 aromatic carbocycles. The zero-order valence-electron chi connectivity index (χ0n) is 14.3. The van der Waals surface area contributed by atoms with Crippen LogP contribution in [0.4, 0.5) is 5.69 Å². The van der Waals surface area contributed by atoms with Gasteiger partial charge < -0.3 is 10.1 Å². The zero-order chi connectivity index (χ0) is 17.2. The summed E-state index contributed by atoms with van der Waals surface area (Å²) in [6.07, 6.45) is -0.200. The van der Waals surface area contributed by atoms with Gasteiger partial charge in [-0.15, -0.1) is 0 Å². The molecule has 2 unspecified atom stereocenters. The topological polar surface area (TPSA) is 26.7 Å². The molecule has 0 spiro atoms. The summed E-state index contributed by atoms with van der Waals surface area (Å²) in [4.78, 5) is 2.27. The third kappa shape index (κ3) is 3.04. The average Bonchev–Trinajstić information content (AvgIpc) is 3.01. The molecule has 0 aliphatic carbocycles. The highest BCUT2D eigenvalue weighted by atomic mass is 16.5. The van der Waals surface area contributed by atoms with Crippen molar-refractivity contribution in [2.75, 3.05) is 11.4 Å². The highest BCUT2D eigenvalue weighted by Crippen LogP contribution is 2.41. The molecule has 0 radical (unpaired) electrons. The Kier molecular flexibility index (Phi) is 4.26. The number of hydroxylamine groups is 2. The Morgan fingerprint density at radius 1 is 0.760 bits per heavy atom. The normalized spacial score (nSPS) is 20.8. The third-order valence-corrected chi connectivity index (χ3v) is 4.88. The van der Waals surface area contributed by atoms with Gasteiger partial charge in [-0.1, -0.05) is 78.4 Å². The van der Waals surface area contributed by atoms with E-state index in [1.165, 1.54) is 10.6 Å². The van der Waals surface area contributed by atoms with E-state index in [1.54, 1.807) is 0 Å². The Hall–Kier alpha value is -2.62. The number of hydrogen-bond acceptors (Lipinski definition) is 3. The molecule has 2 atom stereocenters. The first kappa shape index (κ1) is 15.9. The third-order valence-electron chi connectivity index (χ3n) is 4.88. The van der Waals surface area contributed by atoms with Crippen molar-refractivity contribution >= 4 is 5.69 Å². The van der Waals surface area contributed by atoms with Crippen molar-refractivity contribution in [2.45, 2.75) is 19.1 Å². The van der Waals surface area contributed by atoms with Crippen LogP contribution < -0.4 is 4.90 Å². The van der Waals surface area contributed by atoms with Crippen molar-refractivity contribution in [3.8, 4) is 0 Å². The van der Waals surface area contributed by atoms with Gasteiger partial charge >= 0.3 is 0 Å². The standard InChI is InChI=1S/C22H22N2O/c1-17-12-14-20(15-13-17)23-16-21(18-8-4-2-5-9-18)24(25)22(23)19-10-6-3-7-11-19/h2-15,21-22,25H,16H2,1H3. The molecule has 126 valence electrons. The number of aryl methyl sites for hydroxylation is 1. The Balaban J connectivity index is 1.75. The van der Waals surface area contributed by atoms with E-state index in [4.69, 9.17) is 0 Å². The molecule has 4 rings (SSSR count). The first-order valence-electron chi connectivity index (χ1n) is 8.64. The minimum absolute atomic E-state index is 0.0623. The van der Waals surface area contributed by atoms with E-state index >= 15 is 0 Å². The molecule has 0 aromatic heterocycles. The van der Waals surface area contributed by atoms with E-state index in [0.717, 1.165) is 23.4 Å². The number of benzene rings is 3. The van der Waals surface area contributed by atoms with Crippen LogP contribution in [0.15, 0.2) is 84.9 Å². The lowest BCUT2D eigenvalue weighted by Gasteiger charge is -2.29. The fourth-order valence-corrected chi connectivity index (χ4v) is 3.56. The minimum atomic E-state index is -0.200. The predicted octanol–water partition coefficient (Wildman–Crippen LogP) is 4.95. The lowest BCUT2D eigenvalue weighted by Crippen LogP contribution is -2.29. The van der Waals surface area contributed by atoms with Gasteiger partial charge in [0.2, 0.25) is 0 Å². The summed E-state index contributed by atoms with van der Waals surface area (Å²) in [5.74, 6) is 0. The number of hydrogen-bond donors (Lipinski definition) is 1. The van der Waals surface area contributed by atoms with Crippen LogP contribution in [0.1, 0.15) is 28.9 Å². The fourth-order valence-electron chi connectivity index (χ4n) is 3.56. The molecular formula is C22H22N2O. The first-order valence-corrected chi connectivity index (χ1v) is 8.64. The number of nitrogens with zero attached hydrogens (tertiary/aromatic N) is 2. The minimum Gasteiger partial charge on any atom is -0.348 e. The summed E-state index contributed by atoms with van der Waals surface area (Å²) in [5, 5.41) is 12.5. The van der Waals surface area contributed by atoms with Crippen LogP contribution in [0.2, 0.25) is 0 Å². The maximum Gasteiger partial charge on any atom is 0.132 e. The summed E-state index contributed by atoms with van der Waals surface area (Å²) in [6.45, 7) is 2.83. The molecule has 1 aliphatic heterocycles. The molecule has 0 bridgehead atoms. The van der Waals surface area contributed by atoms with Gasteiger partial charge in [0.25, 0.3) is 0 Å². The van der Waals surface area contributed by atoms with Gasteiger partial charge in [0, 0.05) is 12.2 Å². The average molecular weight is 330 g/mol. The van der Waals surface area contributed by atoms with Gasteiger partial charge in [0.1, 0.15) is 6.17 Å². The molecule has 1 heterocycles. The molecule has 3 nitrogen and oxygen atoms in total. The van der Waals surface area contributed by atoms with Gasteiger partial charge in [-0.3, -0.25) is 0 Å². The summed E-state index contributed by atoms with van der Waals surface area (Å²) in [6, 6.07) is 28.8. The largest absolute Gasteiger partial charge is 0.348 e. The highest BCUT2D eigenvalue weighted by molar-refractivity contribution is 5.51. The first-order chi connectivity index (χ1) is 12.2. The molecule has 3 heteroatoms. The van der Waals surface area contributed by atoms with E-state index in [0.29, 0.717) is 0 Å². The van der Waals surface area contributed by atoms with Crippen molar-refractivity contribution in [2.24, 2.45) is 0 Å². The van der Waals surface area contributed by atoms with Gasteiger partial charge in [0.15, 0.2) is 0 Å². The van der Waals surface area contributed by atoms with Crippen LogP contribution in [0, 0.1) is 6.92 Å². The van der Waals surface area contributed by atoms with Gasteiger partial charge in [-0.25, -0.2) is 0 Å². The predicted molar refractivity (Wildman–Crippen MR) is 101 cm³/mol. The van der Waals surface area contributed by atoms with Crippen molar-refractivity contribution < 1.29 is 5.21 Å². The molecule has 1 N–H and O–H groups in total. The molecule has 1 aliphatic rings. The quantitative estimate of drug-likeness (QED) is 0.736. The van der Waals surface area contributed by atoms with Crippen LogP contribution in [0.25, 0.3) is 0 Å². The lowest BCUT2D eigenvalue weighted by molar-refractivity contribution is -0.135. The van der Waals surface area contributed by atoms with Crippen LogP contribution in [-0.2, 0) is 0 Å². The van der Waals surface area contributed by atoms with Crippen LogP contribution in [0.5, 0.6) is 0 Å². The summed E-state index contributed by atoms with van der Waals surface area (Å²) in [5.41, 5.74) is 4.57. The SMILES string of the molecule is Cc1ccc(N2CC(c3ccccc3)N(O)C2c2ccccc2)cc1. The molecule has 3 aromatic rings. The smallest absolute Gasteiger partial charge is 0.132 e. The second-order valence-corrected chi connectivity index (χ2v) is 6.58. The van der Waals surface area contributed by atoms with Gasteiger partial charge in [-0.2, -0.15) is 5.06 Å². The van der Waals surface area contributed by atoms with Gasteiger partial charge in [0.05, 0.1) is 6.04 Å². The number of anilines is 1. The molecule has 0 amide bonds. The summed E-state index contributed by atoms with van der Waals surface area (Å²) < 4.78 is 0. The fraction of sp³-hybridized carbons (Fsp3) is 0.182. The van der Waals surface area contributed by atoms with E-state index in [-0.39, 0.29) is 12.2 Å². The summed E-state index contributed by atoms with van der Waals surface area (Å²) in [7, 11) is 0. The van der Waals surface area contributed by atoms with Crippen molar-refractivity contribution in [1.29, 1.82) is 0 Å². The van der Waals surface area contributed by atoms with Crippen LogP contribution in [-0.4, -0.2) is 16.8 Å². The Morgan fingerprint density at radius 3 is 1.92 bits per heavy atom. The molecule has 1 fully saturated rings. The maximum atomic E-state index is 11.0. The molecular weight excluding hydrogens is 308 g/mol. The van der Waals surface area contributed by atoms with Crippen molar-refractivity contribution in [1.82, 2.24) is 5.06 Å². The van der Waals surface area contributed by atoms with E-state index in [1.807, 2.05) is 36.4 Å². The monoisotopic (exact) mass is 330 g/mol. The zero-order valence-corrected chi connectivity index (χ0v) is 14.3. The second-order valence-electron chi connectivity index (χ2n) is 6.58. The van der Waals surface area contributed by atoms with E-state index in [2.05, 4.69) is 60.4 Å². The highest BCUT2D eigenvalue weighted by Gasteiger charge is 2.40. The van der Waals surface area contributed by atoms with Crippen LogP contribution in [0.3, 0.4) is 0 Å². The summed E-state index contributed by atoms with van der Waals surface area (Å²) >= 11 is 0. The Bertz CT molecular complexity index is 818. The van der Waals surface area contributed by atoms with Crippen molar-refractivity contribution in [3.63, 3.8) is 0 Å². The number of rotatable bonds is 3. The second kappa shape index (κ2) is 6.71. The lowest BCUT2D eigenvalue weighted by atomic mass is 10.1. The molecule has 1 saturated heterocycles. The molecule has 0 saturated carbocycles. The molecule has 25 heavy (non-hydrogen) atoms. The van der Waals surface area contributed by atoms with Gasteiger partial charge in [-0.05, 0) is 30.2 Å². The van der Waals surface area contributed by atoms with Crippen LogP contribution >= 0.6 is 0 Å².